The first-order valence-corrected chi connectivity index (χ1v) is 17.1. The van der Waals surface area contributed by atoms with Crippen LogP contribution in [0.3, 0.4) is 0 Å². The van der Waals surface area contributed by atoms with E-state index in [-0.39, 0.29) is 16.7 Å². The first-order valence-electron chi connectivity index (χ1n) is 11.3. The van der Waals surface area contributed by atoms with E-state index in [9.17, 15) is 4.79 Å². The molecule has 0 saturated carbocycles. The lowest BCUT2D eigenvalue weighted by atomic mass is 10.1. The number of primary amides is 1. The van der Waals surface area contributed by atoms with Gasteiger partial charge in [0.15, 0.2) is 29.0 Å². The maximum absolute atomic E-state index is 15.9. The molecule has 2 heterocycles. The molecule has 0 bridgehead atoms. The van der Waals surface area contributed by atoms with Gasteiger partial charge in [0.2, 0.25) is 6.17 Å². The second-order valence-electron chi connectivity index (χ2n) is 11.8. The SMILES string of the molecule is CC(C)(C)[Si](C)(C)OC[C@H]1O[C@@H]([n+]2cccc(C(N)=O)c2)[C@@H](F)C1O[Si](C)(C)C(C)(C)C. The third-order valence-electron chi connectivity index (χ3n) is 7.32. The molecule has 0 aliphatic carbocycles. The Morgan fingerprint density at radius 3 is 2.19 bits per heavy atom. The Hall–Kier alpha value is -1.14. The number of alkyl halides is 1. The van der Waals surface area contributed by atoms with Gasteiger partial charge in [0.1, 0.15) is 17.8 Å². The van der Waals surface area contributed by atoms with Crippen LogP contribution in [0.4, 0.5) is 4.39 Å². The highest BCUT2D eigenvalue weighted by atomic mass is 28.4. The number of pyridine rings is 1. The lowest BCUT2D eigenvalue weighted by molar-refractivity contribution is -0.764. The standard InChI is InChI=1S/C23H41FN2O4Si2/c1-22(2,3)31(7,8)28-15-17-19(30-32(9,10)23(4,5)6)18(24)21(29-17)26-13-11-12-16(14-26)20(25)27/h11-14,17-19,21H,15H2,1-10H3,(H-,25,27)/p+1/t17-,18+,19?,21-/m1/s1. The van der Waals surface area contributed by atoms with Crippen LogP contribution in [0.5, 0.6) is 0 Å². The number of nitrogens with zero attached hydrogens (tertiary/aromatic N) is 1. The lowest BCUT2D eigenvalue weighted by Crippen LogP contribution is -2.51. The number of halogens is 1. The molecule has 9 heteroatoms. The van der Waals surface area contributed by atoms with Crippen LogP contribution >= 0.6 is 0 Å². The summed E-state index contributed by atoms with van der Waals surface area (Å²) in [5.41, 5.74) is 5.71. The number of hydrogen-bond acceptors (Lipinski definition) is 4. The highest BCUT2D eigenvalue weighted by molar-refractivity contribution is 6.74. The molecule has 1 saturated heterocycles. The van der Waals surface area contributed by atoms with E-state index in [0.717, 1.165) is 0 Å². The molecular formula is C23H42FN2O4Si2+. The maximum Gasteiger partial charge on any atom is 0.297 e. The van der Waals surface area contributed by atoms with Gasteiger partial charge in [-0.2, -0.15) is 4.57 Å². The Labute approximate surface area is 194 Å². The van der Waals surface area contributed by atoms with Crippen molar-refractivity contribution in [2.45, 2.75) is 102 Å². The number of hydrogen-bond donors (Lipinski definition) is 1. The minimum Gasteiger partial charge on any atom is -0.414 e. The van der Waals surface area contributed by atoms with E-state index in [2.05, 4.69) is 67.7 Å². The first kappa shape index (κ1) is 27.1. The fraction of sp³-hybridized carbons (Fsp3) is 0.739. The van der Waals surface area contributed by atoms with Crippen LogP contribution in [0.2, 0.25) is 36.3 Å². The van der Waals surface area contributed by atoms with Crippen LogP contribution in [-0.4, -0.2) is 47.5 Å². The average Bonchev–Trinajstić information content (AvgIpc) is 2.94. The first-order chi connectivity index (χ1) is 14.4. The van der Waals surface area contributed by atoms with Gasteiger partial charge in [-0.25, -0.2) is 4.39 Å². The van der Waals surface area contributed by atoms with Crippen LogP contribution in [0, 0.1) is 0 Å². The molecule has 1 aliphatic heterocycles. The molecule has 1 fully saturated rings. The molecule has 1 aliphatic rings. The summed E-state index contributed by atoms with van der Waals surface area (Å²) in [6, 6.07) is 3.27. The minimum absolute atomic E-state index is 0.0282. The minimum atomic E-state index is -2.27. The summed E-state index contributed by atoms with van der Waals surface area (Å²) in [7, 11) is -4.33. The number of nitrogens with two attached hydrogens (primary N) is 1. The summed E-state index contributed by atoms with van der Waals surface area (Å²) in [6.45, 7) is 21.7. The molecule has 2 N–H and O–H groups in total. The van der Waals surface area contributed by atoms with Crippen molar-refractivity contribution in [3.05, 3.63) is 30.1 Å². The Balaban J connectivity index is 2.35. The van der Waals surface area contributed by atoms with Crippen molar-refractivity contribution in [3.63, 3.8) is 0 Å². The van der Waals surface area contributed by atoms with E-state index in [1.807, 2.05) is 0 Å². The molecule has 0 aromatic carbocycles. The van der Waals surface area contributed by atoms with Crippen molar-refractivity contribution in [1.29, 1.82) is 0 Å². The summed E-state index contributed by atoms with van der Waals surface area (Å²) in [5, 5.41) is -0.0465. The molecule has 2 rings (SSSR count). The molecule has 6 nitrogen and oxygen atoms in total. The van der Waals surface area contributed by atoms with Gasteiger partial charge in [-0.05, 0) is 42.3 Å². The molecule has 0 spiro atoms. The van der Waals surface area contributed by atoms with Crippen molar-refractivity contribution in [3.8, 4) is 0 Å². The van der Waals surface area contributed by atoms with E-state index in [0.29, 0.717) is 5.56 Å². The summed E-state index contributed by atoms with van der Waals surface area (Å²) >= 11 is 0. The second kappa shape index (κ2) is 9.25. The third-order valence-corrected chi connectivity index (χ3v) is 16.3. The van der Waals surface area contributed by atoms with Crippen LogP contribution in [0.25, 0.3) is 0 Å². The molecular weight excluding hydrogens is 443 g/mol. The van der Waals surface area contributed by atoms with Crippen LogP contribution in [0.1, 0.15) is 58.1 Å². The summed E-state index contributed by atoms with van der Waals surface area (Å²) < 4.78 is 36.6. The topological polar surface area (TPSA) is 74.7 Å². The number of amides is 1. The molecule has 1 amide bonds. The predicted octanol–water partition coefficient (Wildman–Crippen LogP) is 4.72. The Morgan fingerprint density at radius 1 is 1.12 bits per heavy atom. The van der Waals surface area contributed by atoms with Crippen LogP contribution < -0.4 is 10.3 Å². The van der Waals surface area contributed by atoms with Gasteiger partial charge in [-0.3, -0.25) is 4.79 Å². The van der Waals surface area contributed by atoms with E-state index >= 15 is 4.39 Å². The number of carbonyl (C=O) groups is 1. The Bertz CT molecular complexity index is 821. The zero-order valence-corrected chi connectivity index (χ0v) is 23.4. The van der Waals surface area contributed by atoms with Crippen molar-refractivity contribution in [2.75, 3.05) is 6.61 Å². The number of carbonyl (C=O) groups excluding carboxylic acids is 1. The number of rotatable bonds is 7. The predicted molar refractivity (Wildman–Crippen MR) is 129 cm³/mol. The Morgan fingerprint density at radius 2 is 1.69 bits per heavy atom. The quantitative estimate of drug-likeness (QED) is 0.448. The summed E-state index contributed by atoms with van der Waals surface area (Å²) in [4.78, 5) is 11.6. The van der Waals surface area contributed by atoms with E-state index in [4.69, 9.17) is 19.3 Å². The molecule has 32 heavy (non-hydrogen) atoms. The average molecular weight is 486 g/mol. The number of ether oxygens (including phenoxy) is 1. The largest absolute Gasteiger partial charge is 0.414 e. The molecule has 1 aromatic rings. The highest BCUT2D eigenvalue weighted by Gasteiger charge is 2.55. The number of aromatic nitrogens is 1. The van der Waals surface area contributed by atoms with Gasteiger partial charge in [0, 0.05) is 6.07 Å². The van der Waals surface area contributed by atoms with E-state index in [1.54, 1.807) is 22.9 Å². The monoisotopic (exact) mass is 485 g/mol. The van der Waals surface area contributed by atoms with Gasteiger partial charge < -0.3 is 19.3 Å². The highest BCUT2D eigenvalue weighted by Crippen LogP contribution is 2.42. The van der Waals surface area contributed by atoms with E-state index < -0.39 is 47.1 Å². The molecule has 4 atom stereocenters. The summed E-state index contributed by atoms with van der Waals surface area (Å²) in [6.07, 6.45) is -0.426. The fourth-order valence-electron chi connectivity index (χ4n) is 3.03. The van der Waals surface area contributed by atoms with Crippen molar-refractivity contribution < 1.29 is 27.3 Å². The fourth-order valence-corrected chi connectivity index (χ4v) is 5.36. The summed E-state index contributed by atoms with van der Waals surface area (Å²) in [5.74, 6) is -0.570. The van der Waals surface area contributed by atoms with Gasteiger partial charge in [-0.1, -0.05) is 41.5 Å². The van der Waals surface area contributed by atoms with Gasteiger partial charge in [0.25, 0.3) is 12.1 Å². The van der Waals surface area contributed by atoms with Crippen LogP contribution in [0.15, 0.2) is 24.5 Å². The van der Waals surface area contributed by atoms with Gasteiger partial charge in [-0.15, -0.1) is 0 Å². The van der Waals surface area contributed by atoms with Gasteiger partial charge >= 0.3 is 0 Å². The van der Waals surface area contributed by atoms with Crippen LogP contribution in [-0.2, 0) is 13.6 Å². The van der Waals surface area contributed by atoms with Gasteiger partial charge in [0.05, 0.1) is 6.61 Å². The van der Waals surface area contributed by atoms with Crippen molar-refractivity contribution in [2.24, 2.45) is 5.73 Å². The van der Waals surface area contributed by atoms with Crippen molar-refractivity contribution in [1.82, 2.24) is 0 Å². The maximum atomic E-state index is 15.9. The van der Waals surface area contributed by atoms with Crippen molar-refractivity contribution >= 4 is 22.5 Å². The second-order valence-corrected chi connectivity index (χ2v) is 21.4. The lowest BCUT2D eigenvalue weighted by Gasteiger charge is -2.40. The Kier molecular flexibility index (Phi) is 7.84. The zero-order chi connectivity index (χ0) is 24.7. The normalized spacial score (nSPS) is 25.2. The third kappa shape index (κ3) is 5.86. The van der Waals surface area contributed by atoms with E-state index in [1.165, 1.54) is 6.20 Å². The molecule has 1 unspecified atom stereocenters. The molecule has 1 aromatic heterocycles. The molecule has 182 valence electrons. The smallest absolute Gasteiger partial charge is 0.297 e. The zero-order valence-electron chi connectivity index (χ0n) is 21.4. The molecule has 0 radical (unpaired) electrons.